The molecule has 0 amide bonds. The molecule has 2 saturated carbocycles. The first kappa shape index (κ1) is 23.7. The molecule has 2 aromatic rings. The summed E-state index contributed by atoms with van der Waals surface area (Å²) in [5.74, 6) is -1.60. The summed E-state index contributed by atoms with van der Waals surface area (Å²) in [4.78, 5) is 45.1. The molecule has 1 aliphatic heterocycles. The maximum atomic E-state index is 13.6. The van der Waals surface area contributed by atoms with Gasteiger partial charge in [-0.25, -0.2) is 9.59 Å². The van der Waals surface area contributed by atoms with E-state index >= 15 is 0 Å². The number of aliphatic imine (C=N–C) groups is 1. The van der Waals surface area contributed by atoms with Crippen molar-refractivity contribution in [2.45, 2.75) is 63.4 Å². The van der Waals surface area contributed by atoms with Crippen LogP contribution in [0.15, 0.2) is 58.0 Å². The SMILES string of the molecule is COC(=O)c1ccc([C@H]2C(C(=O)OC3CCCC3)=C(C)N=C3C[C@H](c4cccs4)CC(=O)[C@H]32)cc1. The number of hydrogen-bond acceptors (Lipinski definition) is 7. The Morgan fingerprint density at radius 3 is 2.40 bits per heavy atom. The number of thiophene rings is 1. The zero-order valence-electron chi connectivity index (χ0n) is 20.0. The van der Waals surface area contributed by atoms with Crippen molar-refractivity contribution in [2.24, 2.45) is 10.9 Å². The predicted octanol–water partition coefficient (Wildman–Crippen LogP) is 5.60. The van der Waals surface area contributed by atoms with Crippen LogP contribution in [0.5, 0.6) is 0 Å². The second-order valence-electron chi connectivity index (χ2n) is 9.57. The molecule has 0 bridgehead atoms. The summed E-state index contributed by atoms with van der Waals surface area (Å²) in [6.07, 6.45) is 4.89. The molecule has 1 aromatic heterocycles. The van der Waals surface area contributed by atoms with Gasteiger partial charge in [-0.15, -0.1) is 11.3 Å². The van der Waals surface area contributed by atoms with E-state index in [2.05, 4.69) is 6.07 Å². The number of fused-ring (bicyclic) bond motifs is 1. The molecule has 0 N–H and O–H groups in total. The van der Waals surface area contributed by atoms with Crippen LogP contribution in [-0.4, -0.2) is 36.6 Å². The van der Waals surface area contributed by atoms with Crippen LogP contribution >= 0.6 is 11.3 Å². The van der Waals surface area contributed by atoms with Crippen molar-refractivity contribution in [1.82, 2.24) is 0 Å². The summed E-state index contributed by atoms with van der Waals surface area (Å²) >= 11 is 1.66. The van der Waals surface area contributed by atoms with Gasteiger partial charge in [0.15, 0.2) is 0 Å². The van der Waals surface area contributed by atoms with Crippen LogP contribution in [0.1, 0.15) is 78.1 Å². The lowest BCUT2D eigenvalue weighted by atomic mass is 9.67. The van der Waals surface area contributed by atoms with Gasteiger partial charge in [-0.05, 0) is 68.2 Å². The molecule has 3 aliphatic rings. The summed E-state index contributed by atoms with van der Waals surface area (Å²) in [6, 6.07) is 11.1. The van der Waals surface area contributed by atoms with Crippen molar-refractivity contribution < 1.29 is 23.9 Å². The number of nitrogens with zero attached hydrogens (tertiary/aromatic N) is 1. The minimum atomic E-state index is -0.509. The third-order valence-corrected chi connectivity index (χ3v) is 8.42. The number of rotatable bonds is 5. The molecule has 3 atom stereocenters. The highest BCUT2D eigenvalue weighted by Crippen LogP contribution is 2.46. The number of ether oxygens (including phenoxy) is 2. The summed E-state index contributed by atoms with van der Waals surface area (Å²) in [5.41, 5.74) is 3.12. The number of esters is 2. The Balaban J connectivity index is 1.54. The Morgan fingerprint density at radius 1 is 1.00 bits per heavy atom. The average molecular weight is 492 g/mol. The third-order valence-electron chi connectivity index (χ3n) is 7.39. The van der Waals surface area contributed by atoms with Crippen molar-refractivity contribution in [3.8, 4) is 0 Å². The van der Waals surface area contributed by atoms with Crippen molar-refractivity contribution in [2.75, 3.05) is 7.11 Å². The highest BCUT2D eigenvalue weighted by molar-refractivity contribution is 7.10. The van der Waals surface area contributed by atoms with E-state index in [0.717, 1.165) is 37.0 Å². The Labute approximate surface area is 209 Å². The topological polar surface area (TPSA) is 82.0 Å². The van der Waals surface area contributed by atoms with Crippen molar-refractivity contribution in [3.63, 3.8) is 0 Å². The number of allylic oxidation sites excluding steroid dienone is 1. The molecule has 5 rings (SSSR count). The monoisotopic (exact) mass is 491 g/mol. The van der Waals surface area contributed by atoms with Crippen LogP contribution in [0.4, 0.5) is 0 Å². The zero-order valence-corrected chi connectivity index (χ0v) is 20.8. The first-order valence-electron chi connectivity index (χ1n) is 12.2. The number of carbonyl (C=O) groups excluding carboxylic acids is 3. The fourth-order valence-corrected chi connectivity index (χ4v) is 6.52. The second kappa shape index (κ2) is 9.90. The van der Waals surface area contributed by atoms with Gasteiger partial charge in [-0.2, -0.15) is 0 Å². The normalized spacial score (nSPS) is 24.7. The van der Waals surface area contributed by atoms with Crippen LogP contribution in [-0.2, 0) is 19.1 Å². The minimum absolute atomic E-state index is 0.0826. The molecule has 0 spiro atoms. The van der Waals surface area contributed by atoms with Crippen LogP contribution in [0, 0.1) is 5.92 Å². The van der Waals surface area contributed by atoms with E-state index in [4.69, 9.17) is 14.5 Å². The smallest absolute Gasteiger partial charge is 0.337 e. The molecule has 2 aliphatic carbocycles. The first-order valence-corrected chi connectivity index (χ1v) is 13.1. The van der Waals surface area contributed by atoms with E-state index in [1.165, 1.54) is 12.0 Å². The molecular weight excluding hydrogens is 462 g/mol. The van der Waals surface area contributed by atoms with Gasteiger partial charge in [0.1, 0.15) is 11.9 Å². The van der Waals surface area contributed by atoms with Gasteiger partial charge in [-0.3, -0.25) is 9.79 Å². The standard InChI is InChI=1S/C28H29NO5S/c1-16-24(28(32)34-20-6-3-4-7-20)25(17-9-11-18(12-10-17)27(31)33-2)26-21(29-16)14-19(15-22(26)30)23-8-5-13-35-23/h5,8-13,19-20,25-26H,3-4,6-7,14-15H2,1-2H3/t19-,25-,26-/m0/s1. The molecule has 0 unspecified atom stereocenters. The number of Topliss-reactive ketones (excluding diaryl/α,β-unsaturated/α-hetero) is 1. The molecule has 6 nitrogen and oxygen atoms in total. The largest absolute Gasteiger partial charge is 0.465 e. The number of carbonyl (C=O) groups is 3. The van der Waals surface area contributed by atoms with Gasteiger partial charge in [-0.1, -0.05) is 18.2 Å². The Bertz CT molecular complexity index is 1190. The summed E-state index contributed by atoms with van der Waals surface area (Å²) < 4.78 is 10.7. The van der Waals surface area contributed by atoms with E-state index in [9.17, 15) is 14.4 Å². The van der Waals surface area contributed by atoms with E-state index < -0.39 is 17.8 Å². The van der Waals surface area contributed by atoms with Crippen molar-refractivity contribution in [1.29, 1.82) is 0 Å². The highest BCUT2D eigenvalue weighted by atomic mass is 32.1. The lowest BCUT2D eigenvalue weighted by Gasteiger charge is -2.38. The van der Waals surface area contributed by atoms with E-state index in [0.29, 0.717) is 29.7 Å². The van der Waals surface area contributed by atoms with Gasteiger partial charge in [0, 0.05) is 34.5 Å². The third kappa shape index (κ3) is 4.61. The molecule has 0 saturated heterocycles. The van der Waals surface area contributed by atoms with Crippen LogP contribution in [0.2, 0.25) is 0 Å². The van der Waals surface area contributed by atoms with E-state index in [-0.39, 0.29) is 23.8 Å². The summed E-state index contributed by atoms with van der Waals surface area (Å²) in [6.45, 7) is 1.84. The molecule has 182 valence electrons. The number of hydrogen-bond donors (Lipinski definition) is 0. The van der Waals surface area contributed by atoms with E-state index in [1.807, 2.05) is 30.5 Å². The zero-order chi connectivity index (χ0) is 24.5. The maximum absolute atomic E-state index is 13.6. The van der Waals surface area contributed by atoms with Gasteiger partial charge in [0.25, 0.3) is 0 Å². The molecule has 7 heteroatoms. The molecule has 1 aromatic carbocycles. The Hall–Kier alpha value is -3.06. The van der Waals surface area contributed by atoms with Gasteiger partial charge in [0.2, 0.25) is 0 Å². The molecular formula is C28H29NO5S. The first-order chi connectivity index (χ1) is 17.0. The minimum Gasteiger partial charge on any atom is -0.465 e. The number of ketones is 1. The van der Waals surface area contributed by atoms with Crippen molar-refractivity contribution in [3.05, 3.63) is 69.1 Å². The molecule has 2 heterocycles. The van der Waals surface area contributed by atoms with Crippen LogP contribution < -0.4 is 0 Å². The predicted molar refractivity (Wildman–Crippen MR) is 134 cm³/mol. The summed E-state index contributed by atoms with van der Waals surface area (Å²) in [7, 11) is 1.34. The average Bonchev–Trinajstić information content (AvgIpc) is 3.57. The number of benzene rings is 1. The quantitative estimate of drug-likeness (QED) is 0.509. The van der Waals surface area contributed by atoms with Crippen LogP contribution in [0.3, 0.4) is 0 Å². The molecule has 0 radical (unpaired) electrons. The maximum Gasteiger partial charge on any atom is 0.337 e. The molecule has 2 fully saturated rings. The lowest BCUT2D eigenvalue weighted by molar-refractivity contribution is -0.144. The van der Waals surface area contributed by atoms with Gasteiger partial charge >= 0.3 is 11.9 Å². The Kier molecular flexibility index (Phi) is 6.69. The fourth-order valence-electron chi connectivity index (χ4n) is 5.69. The van der Waals surface area contributed by atoms with Crippen LogP contribution in [0.25, 0.3) is 0 Å². The Morgan fingerprint density at radius 2 is 1.74 bits per heavy atom. The highest BCUT2D eigenvalue weighted by Gasteiger charge is 2.46. The van der Waals surface area contributed by atoms with Crippen molar-refractivity contribution >= 4 is 34.8 Å². The summed E-state index contributed by atoms with van der Waals surface area (Å²) in [5, 5.41) is 2.03. The van der Waals surface area contributed by atoms with Gasteiger partial charge < -0.3 is 9.47 Å². The second-order valence-corrected chi connectivity index (χ2v) is 10.5. The van der Waals surface area contributed by atoms with Gasteiger partial charge in [0.05, 0.1) is 24.2 Å². The number of methoxy groups -OCH3 is 1. The fraction of sp³-hybridized carbons (Fsp3) is 0.429. The lowest BCUT2D eigenvalue weighted by Crippen LogP contribution is -2.41. The molecule has 35 heavy (non-hydrogen) atoms. The van der Waals surface area contributed by atoms with E-state index in [1.54, 1.807) is 23.5 Å².